The highest BCUT2D eigenvalue weighted by Gasteiger charge is 2.58. The Morgan fingerprint density at radius 3 is 2.22 bits per heavy atom. The number of hydrogen-bond donors (Lipinski definition) is 2. The van der Waals surface area contributed by atoms with Gasteiger partial charge in [-0.05, 0) is 36.0 Å². The molecular formula is C24H30IN5O2. The third-order valence-corrected chi connectivity index (χ3v) is 6.99. The molecule has 7 nitrogen and oxygen atoms in total. The number of benzene rings is 1. The van der Waals surface area contributed by atoms with Crippen LogP contribution < -0.4 is 15.5 Å². The highest BCUT2D eigenvalue weighted by Crippen LogP contribution is 2.52. The standard InChI is InChI=1S/C24H29N5O2.HI/c1-25-24(27-15-16-4-8-19(9-5-16)28-11-2-3-12-28)26-10-13-29-22(30)20-17-6-7-18(14-17)21(20)23(29)31;/h2-9,17-18,20-21H,10-15H2,1H3,(H2,25,26,27);1H. The van der Waals surface area contributed by atoms with Crippen LogP contribution in [0.5, 0.6) is 0 Å². The summed E-state index contributed by atoms with van der Waals surface area (Å²) in [7, 11) is 1.72. The fourth-order valence-electron chi connectivity index (χ4n) is 5.39. The predicted molar refractivity (Wildman–Crippen MR) is 136 cm³/mol. The fraction of sp³-hybridized carbons (Fsp3) is 0.458. The normalized spacial score (nSPS) is 27.8. The minimum Gasteiger partial charge on any atom is -0.364 e. The van der Waals surface area contributed by atoms with E-state index in [2.05, 4.69) is 69.1 Å². The quantitative estimate of drug-likeness (QED) is 0.188. The zero-order valence-electron chi connectivity index (χ0n) is 18.2. The van der Waals surface area contributed by atoms with Crippen molar-refractivity contribution in [3.05, 3.63) is 54.1 Å². The van der Waals surface area contributed by atoms with E-state index in [-0.39, 0.29) is 59.5 Å². The predicted octanol–water partition coefficient (Wildman–Crippen LogP) is 2.15. The zero-order valence-corrected chi connectivity index (χ0v) is 20.6. The first-order valence-electron chi connectivity index (χ1n) is 11.1. The maximum absolute atomic E-state index is 12.8. The minimum atomic E-state index is -0.126. The van der Waals surface area contributed by atoms with Crippen molar-refractivity contribution in [2.24, 2.45) is 28.7 Å². The number of guanidine groups is 1. The summed E-state index contributed by atoms with van der Waals surface area (Å²) in [6.45, 7) is 3.45. The number of rotatable bonds is 6. The van der Waals surface area contributed by atoms with Crippen LogP contribution in [0.2, 0.25) is 0 Å². The van der Waals surface area contributed by atoms with Gasteiger partial charge in [0, 0.05) is 45.5 Å². The number of imide groups is 1. The van der Waals surface area contributed by atoms with E-state index < -0.39 is 0 Å². The Kier molecular flexibility index (Phi) is 6.88. The molecule has 1 aromatic rings. The van der Waals surface area contributed by atoms with Crippen LogP contribution >= 0.6 is 24.0 Å². The molecule has 4 atom stereocenters. The lowest BCUT2D eigenvalue weighted by Gasteiger charge is -2.19. The van der Waals surface area contributed by atoms with Gasteiger partial charge in [-0.1, -0.05) is 36.4 Å². The Morgan fingerprint density at radius 2 is 1.62 bits per heavy atom. The molecule has 1 saturated carbocycles. The number of aliphatic imine (C=N–C) groups is 1. The van der Waals surface area contributed by atoms with Gasteiger partial charge in [-0.15, -0.1) is 24.0 Å². The Balaban J connectivity index is 0.00000245. The van der Waals surface area contributed by atoms with Crippen molar-refractivity contribution in [3.8, 4) is 0 Å². The summed E-state index contributed by atoms with van der Waals surface area (Å²) in [5, 5.41) is 6.53. The van der Waals surface area contributed by atoms with E-state index >= 15 is 0 Å². The Bertz CT molecular complexity index is 920. The number of likely N-dealkylation sites (tertiary alicyclic amines) is 1. The smallest absolute Gasteiger partial charge is 0.233 e. The average molecular weight is 547 g/mol. The van der Waals surface area contributed by atoms with Crippen molar-refractivity contribution in [1.29, 1.82) is 0 Å². The molecular weight excluding hydrogens is 517 g/mol. The number of fused-ring (bicyclic) bond motifs is 5. The largest absolute Gasteiger partial charge is 0.364 e. The molecule has 2 bridgehead atoms. The van der Waals surface area contributed by atoms with Crippen LogP contribution in [0, 0.1) is 23.7 Å². The molecule has 0 aromatic heterocycles. The molecule has 170 valence electrons. The highest BCUT2D eigenvalue weighted by molar-refractivity contribution is 14.0. The molecule has 4 aliphatic rings. The molecule has 8 heteroatoms. The van der Waals surface area contributed by atoms with Crippen LogP contribution in [-0.2, 0) is 16.1 Å². The van der Waals surface area contributed by atoms with Crippen molar-refractivity contribution in [2.45, 2.75) is 13.0 Å². The van der Waals surface area contributed by atoms with Crippen LogP contribution in [-0.4, -0.2) is 55.9 Å². The monoisotopic (exact) mass is 547 g/mol. The van der Waals surface area contributed by atoms with E-state index in [1.165, 1.54) is 16.2 Å². The van der Waals surface area contributed by atoms with E-state index in [0.29, 0.717) is 25.6 Å². The molecule has 5 rings (SSSR count). The lowest BCUT2D eigenvalue weighted by molar-refractivity contribution is -0.140. The van der Waals surface area contributed by atoms with E-state index in [0.717, 1.165) is 19.5 Å². The number of carbonyl (C=O) groups is 2. The van der Waals surface area contributed by atoms with Crippen molar-refractivity contribution in [1.82, 2.24) is 15.5 Å². The van der Waals surface area contributed by atoms with Gasteiger partial charge in [0.25, 0.3) is 0 Å². The molecule has 4 unspecified atom stereocenters. The van der Waals surface area contributed by atoms with Crippen LogP contribution in [0.1, 0.15) is 12.0 Å². The minimum absolute atomic E-state index is 0. The first-order chi connectivity index (χ1) is 15.2. The number of amides is 2. The number of nitrogens with one attached hydrogen (secondary N) is 2. The Morgan fingerprint density at radius 1 is 1.00 bits per heavy atom. The number of anilines is 1. The van der Waals surface area contributed by atoms with Gasteiger partial charge in [-0.3, -0.25) is 19.5 Å². The number of halogens is 1. The molecule has 0 radical (unpaired) electrons. The van der Waals surface area contributed by atoms with E-state index in [9.17, 15) is 9.59 Å². The van der Waals surface area contributed by atoms with E-state index in [1.807, 2.05) is 0 Å². The fourth-order valence-corrected chi connectivity index (χ4v) is 5.39. The van der Waals surface area contributed by atoms with Crippen LogP contribution in [0.25, 0.3) is 0 Å². The molecule has 0 spiro atoms. The number of allylic oxidation sites excluding steroid dienone is 2. The molecule has 2 aliphatic carbocycles. The van der Waals surface area contributed by atoms with Crippen molar-refractivity contribution in [3.63, 3.8) is 0 Å². The molecule has 1 saturated heterocycles. The van der Waals surface area contributed by atoms with Gasteiger partial charge in [0.15, 0.2) is 5.96 Å². The first-order valence-corrected chi connectivity index (χ1v) is 11.1. The zero-order chi connectivity index (χ0) is 21.4. The van der Waals surface area contributed by atoms with Crippen LogP contribution in [0.4, 0.5) is 5.69 Å². The number of hydrogen-bond acceptors (Lipinski definition) is 4. The summed E-state index contributed by atoms with van der Waals surface area (Å²) >= 11 is 0. The summed E-state index contributed by atoms with van der Waals surface area (Å²) in [5.74, 6) is 0.932. The SMILES string of the molecule is CN=C(NCCN1C(=O)C2C3C=CC(C3)C2C1=O)NCc1ccc(N2CC=CC2)cc1.I. The van der Waals surface area contributed by atoms with Crippen LogP contribution in [0.3, 0.4) is 0 Å². The van der Waals surface area contributed by atoms with Gasteiger partial charge in [-0.25, -0.2) is 0 Å². The summed E-state index contributed by atoms with van der Waals surface area (Å²) in [6, 6.07) is 8.53. The lowest BCUT2D eigenvalue weighted by Crippen LogP contribution is -2.43. The second kappa shape index (κ2) is 9.64. The summed E-state index contributed by atoms with van der Waals surface area (Å²) in [6.07, 6.45) is 9.58. The first kappa shape index (κ1) is 22.8. The molecule has 2 amide bonds. The van der Waals surface area contributed by atoms with E-state index in [1.54, 1.807) is 7.05 Å². The maximum atomic E-state index is 12.8. The highest BCUT2D eigenvalue weighted by atomic mass is 127. The van der Waals surface area contributed by atoms with Gasteiger partial charge < -0.3 is 15.5 Å². The molecule has 32 heavy (non-hydrogen) atoms. The average Bonchev–Trinajstić information content (AvgIpc) is 3.58. The van der Waals surface area contributed by atoms with Gasteiger partial charge in [-0.2, -0.15) is 0 Å². The molecule has 1 aromatic carbocycles. The Labute approximate surface area is 206 Å². The second-order valence-electron chi connectivity index (χ2n) is 8.72. The summed E-state index contributed by atoms with van der Waals surface area (Å²) in [4.78, 5) is 33.5. The lowest BCUT2D eigenvalue weighted by atomic mass is 9.85. The number of carbonyl (C=O) groups excluding carboxylic acids is 2. The van der Waals surface area contributed by atoms with Gasteiger partial charge in [0.1, 0.15) is 0 Å². The maximum Gasteiger partial charge on any atom is 0.233 e. The Hall–Kier alpha value is -2.36. The summed E-state index contributed by atoms with van der Waals surface area (Å²) < 4.78 is 0. The van der Waals surface area contributed by atoms with Crippen molar-refractivity contribution < 1.29 is 9.59 Å². The van der Waals surface area contributed by atoms with Gasteiger partial charge in [0.2, 0.25) is 11.8 Å². The van der Waals surface area contributed by atoms with Gasteiger partial charge in [0.05, 0.1) is 11.8 Å². The second-order valence-corrected chi connectivity index (χ2v) is 8.72. The number of nitrogens with zero attached hydrogens (tertiary/aromatic N) is 3. The molecule has 2 aliphatic heterocycles. The molecule has 2 heterocycles. The van der Waals surface area contributed by atoms with Gasteiger partial charge >= 0.3 is 0 Å². The van der Waals surface area contributed by atoms with Crippen molar-refractivity contribution in [2.75, 3.05) is 38.1 Å². The molecule has 2 fully saturated rings. The van der Waals surface area contributed by atoms with Crippen molar-refractivity contribution >= 4 is 47.4 Å². The summed E-state index contributed by atoms with van der Waals surface area (Å²) in [5.41, 5.74) is 2.39. The molecule has 2 N–H and O–H groups in total. The third-order valence-electron chi connectivity index (χ3n) is 6.99. The topological polar surface area (TPSA) is 77.0 Å². The third kappa shape index (κ3) is 4.16. The van der Waals surface area contributed by atoms with E-state index in [4.69, 9.17) is 0 Å². The van der Waals surface area contributed by atoms with Crippen LogP contribution in [0.15, 0.2) is 53.6 Å².